The van der Waals surface area contributed by atoms with Gasteiger partial charge in [-0.1, -0.05) is 5.21 Å². The standard InChI is InChI=1S/C12H15N5O3/c1-19-9-5-8(6-10(7-9)20-2)12(18)13-4-3-11-14-16-17-15-11/h5-7H,3-4H2,1-2H3,(H,13,18)(H,14,15,16,17). The van der Waals surface area contributed by atoms with E-state index in [1.54, 1.807) is 18.2 Å². The lowest BCUT2D eigenvalue weighted by Gasteiger charge is -2.08. The first-order valence-electron chi connectivity index (χ1n) is 5.96. The first kappa shape index (κ1) is 13.8. The fourth-order valence-corrected chi connectivity index (χ4v) is 1.62. The molecule has 0 aliphatic rings. The van der Waals surface area contributed by atoms with Gasteiger partial charge in [-0.25, -0.2) is 0 Å². The molecule has 1 aromatic carbocycles. The van der Waals surface area contributed by atoms with Crippen LogP contribution in [0.1, 0.15) is 16.2 Å². The van der Waals surface area contributed by atoms with E-state index in [2.05, 4.69) is 25.9 Å². The highest BCUT2D eigenvalue weighted by molar-refractivity contribution is 5.95. The summed E-state index contributed by atoms with van der Waals surface area (Å²) in [5, 5.41) is 16.2. The number of nitrogens with zero attached hydrogens (tertiary/aromatic N) is 3. The van der Waals surface area contributed by atoms with Gasteiger partial charge in [-0.2, -0.15) is 5.21 Å². The van der Waals surface area contributed by atoms with E-state index in [0.29, 0.717) is 35.9 Å². The van der Waals surface area contributed by atoms with Gasteiger partial charge in [-0.3, -0.25) is 4.79 Å². The summed E-state index contributed by atoms with van der Waals surface area (Å²) in [6, 6.07) is 4.99. The molecule has 0 bridgehead atoms. The van der Waals surface area contributed by atoms with E-state index < -0.39 is 0 Å². The van der Waals surface area contributed by atoms with Crippen molar-refractivity contribution in [3.8, 4) is 11.5 Å². The molecule has 0 saturated heterocycles. The first-order valence-corrected chi connectivity index (χ1v) is 5.96. The number of amides is 1. The second-order valence-electron chi connectivity index (χ2n) is 3.94. The van der Waals surface area contributed by atoms with Crippen molar-refractivity contribution in [2.45, 2.75) is 6.42 Å². The quantitative estimate of drug-likeness (QED) is 0.781. The van der Waals surface area contributed by atoms with Gasteiger partial charge in [-0.05, 0) is 12.1 Å². The van der Waals surface area contributed by atoms with Crippen molar-refractivity contribution in [2.75, 3.05) is 20.8 Å². The molecule has 8 nitrogen and oxygen atoms in total. The SMILES string of the molecule is COc1cc(OC)cc(C(=O)NCCc2nn[nH]n2)c1. The van der Waals surface area contributed by atoms with Crippen LogP contribution in [0.15, 0.2) is 18.2 Å². The molecule has 2 N–H and O–H groups in total. The van der Waals surface area contributed by atoms with E-state index in [9.17, 15) is 4.79 Å². The number of ether oxygens (including phenoxy) is 2. The van der Waals surface area contributed by atoms with Crippen molar-refractivity contribution >= 4 is 5.91 Å². The summed E-state index contributed by atoms with van der Waals surface area (Å²) in [5.74, 6) is 1.46. The molecular formula is C12H15N5O3. The molecule has 2 aromatic rings. The van der Waals surface area contributed by atoms with Crippen molar-refractivity contribution in [1.29, 1.82) is 0 Å². The van der Waals surface area contributed by atoms with Crippen LogP contribution in [0.3, 0.4) is 0 Å². The number of H-pyrrole nitrogens is 1. The van der Waals surface area contributed by atoms with Crippen molar-refractivity contribution < 1.29 is 14.3 Å². The van der Waals surface area contributed by atoms with Gasteiger partial charge in [-0.15, -0.1) is 10.2 Å². The summed E-state index contributed by atoms with van der Waals surface area (Å²) in [6.07, 6.45) is 0.503. The number of tetrazole rings is 1. The highest BCUT2D eigenvalue weighted by Crippen LogP contribution is 2.22. The monoisotopic (exact) mass is 277 g/mol. The molecule has 0 unspecified atom stereocenters. The first-order chi connectivity index (χ1) is 9.72. The molecule has 106 valence electrons. The van der Waals surface area contributed by atoms with Gasteiger partial charge in [0.25, 0.3) is 5.91 Å². The van der Waals surface area contributed by atoms with Gasteiger partial charge in [0.1, 0.15) is 11.5 Å². The molecular weight excluding hydrogens is 262 g/mol. The number of benzene rings is 1. The fraction of sp³-hybridized carbons (Fsp3) is 0.333. The molecule has 0 radical (unpaired) electrons. The van der Waals surface area contributed by atoms with Crippen LogP contribution < -0.4 is 14.8 Å². The van der Waals surface area contributed by atoms with Crippen molar-refractivity contribution in [2.24, 2.45) is 0 Å². The van der Waals surface area contributed by atoms with Crippen LogP contribution in [0.4, 0.5) is 0 Å². The van der Waals surface area contributed by atoms with E-state index in [4.69, 9.17) is 9.47 Å². The lowest BCUT2D eigenvalue weighted by Crippen LogP contribution is -2.26. The number of methoxy groups -OCH3 is 2. The van der Waals surface area contributed by atoms with Crippen LogP contribution in [-0.4, -0.2) is 47.3 Å². The van der Waals surface area contributed by atoms with Gasteiger partial charge in [0.05, 0.1) is 14.2 Å². The number of aromatic nitrogens is 4. The summed E-state index contributed by atoms with van der Waals surface area (Å²) >= 11 is 0. The van der Waals surface area contributed by atoms with Crippen LogP contribution in [-0.2, 0) is 6.42 Å². The lowest BCUT2D eigenvalue weighted by molar-refractivity contribution is 0.0953. The minimum Gasteiger partial charge on any atom is -0.497 e. The zero-order chi connectivity index (χ0) is 14.4. The predicted octanol–water partition coefficient (Wildman–Crippen LogP) is 0.189. The molecule has 1 heterocycles. The number of hydrogen-bond donors (Lipinski definition) is 2. The Morgan fingerprint density at radius 1 is 1.25 bits per heavy atom. The van der Waals surface area contributed by atoms with Crippen molar-refractivity contribution in [3.63, 3.8) is 0 Å². The number of aromatic amines is 1. The molecule has 0 aliphatic carbocycles. The minimum atomic E-state index is -0.217. The second kappa shape index (κ2) is 6.50. The Kier molecular flexibility index (Phi) is 4.48. The third-order valence-electron chi connectivity index (χ3n) is 2.64. The highest BCUT2D eigenvalue weighted by Gasteiger charge is 2.09. The van der Waals surface area contributed by atoms with Crippen molar-refractivity contribution in [3.05, 3.63) is 29.6 Å². The van der Waals surface area contributed by atoms with Crippen LogP contribution >= 0.6 is 0 Å². The number of nitrogens with one attached hydrogen (secondary N) is 2. The van der Waals surface area contributed by atoms with E-state index in [1.165, 1.54) is 14.2 Å². The zero-order valence-electron chi connectivity index (χ0n) is 11.2. The molecule has 0 atom stereocenters. The van der Waals surface area contributed by atoms with Crippen LogP contribution in [0.2, 0.25) is 0 Å². The number of carbonyl (C=O) groups is 1. The summed E-state index contributed by atoms with van der Waals surface area (Å²) in [6.45, 7) is 0.415. The van der Waals surface area contributed by atoms with Crippen LogP contribution in [0.5, 0.6) is 11.5 Å². The maximum atomic E-state index is 12.0. The van der Waals surface area contributed by atoms with Gasteiger partial charge in [0.2, 0.25) is 0 Å². The van der Waals surface area contributed by atoms with Gasteiger partial charge in [0.15, 0.2) is 5.82 Å². The Morgan fingerprint density at radius 2 is 1.95 bits per heavy atom. The largest absolute Gasteiger partial charge is 0.497 e. The summed E-state index contributed by atoms with van der Waals surface area (Å²) in [7, 11) is 3.07. The maximum Gasteiger partial charge on any atom is 0.251 e. The molecule has 2 rings (SSSR count). The molecule has 0 aliphatic heterocycles. The topological polar surface area (TPSA) is 102 Å². The van der Waals surface area contributed by atoms with E-state index >= 15 is 0 Å². The predicted molar refractivity (Wildman–Crippen MR) is 69.8 cm³/mol. The fourth-order valence-electron chi connectivity index (χ4n) is 1.62. The minimum absolute atomic E-state index is 0.217. The average Bonchev–Trinajstić information content (AvgIpc) is 2.99. The second-order valence-corrected chi connectivity index (χ2v) is 3.94. The average molecular weight is 277 g/mol. The van der Waals surface area contributed by atoms with Gasteiger partial charge in [0, 0.05) is 24.6 Å². The zero-order valence-corrected chi connectivity index (χ0v) is 11.2. The van der Waals surface area contributed by atoms with E-state index in [0.717, 1.165) is 0 Å². The molecule has 0 fully saturated rings. The summed E-state index contributed by atoms with van der Waals surface area (Å²) in [4.78, 5) is 12.0. The number of hydrogen-bond acceptors (Lipinski definition) is 6. The summed E-state index contributed by atoms with van der Waals surface area (Å²) < 4.78 is 10.2. The molecule has 0 saturated carbocycles. The van der Waals surface area contributed by atoms with Crippen molar-refractivity contribution in [1.82, 2.24) is 25.9 Å². The third-order valence-corrected chi connectivity index (χ3v) is 2.64. The number of rotatable bonds is 6. The van der Waals surface area contributed by atoms with Gasteiger partial charge < -0.3 is 14.8 Å². The smallest absolute Gasteiger partial charge is 0.251 e. The van der Waals surface area contributed by atoms with E-state index in [1.807, 2.05) is 0 Å². The van der Waals surface area contributed by atoms with Gasteiger partial charge >= 0.3 is 0 Å². The third kappa shape index (κ3) is 3.44. The Bertz CT molecular complexity index is 548. The Labute approximate surface area is 115 Å². The summed E-state index contributed by atoms with van der Waals surface area (Å²) in [5.41, 5.74) is 0.467. The molecule has 8 heteroatoms. The normalized spacial score (nSPS) is 10.1. The maximum absolute atomic E-state index is 12.0. The molecule has 1 aromatic heterocycles. The van der Waals surface area contributed by atoms with E-state index in [-0.39, 0.29) is 5.91 Å². The molecule has 1 amide bonds. The Balaban J connectivity index is 1.97. The van der Waals surface area contributed by atoms with Crippen LogP contribution in [0, 0.1) is 0 Å². The molecule has 0 spiro atoms. The van der Waals surface area contributed by atoms with Crippen LogP contribution in [0.25, 0.3) is 0 Å². The lowest BCUT2D eigenvalue weighted by atomic mass is 10.2. The number of carbonyl (C=O) groups excluding carboxylic acids is 1. The Hall–Kier alpha value is -2.64. The molecule has 20 heavy (non-hydrogen) atoms. The Morgan fingerprint density at radius 3 is 2.50 bits per heavy atom. The highest BCUT2D eigenvalue weighted by atomic mass is 16.5.